The fourth-order valence-electron chi connectivity index (χ4n) is 2.61. The Hall–Kier alpha value is -1.55. The Morgan fingerprint density at radius 1 is 1.35 bits per heavy atom. The maximum atomic E-state index is 11.8. The smallest absolute Gasteiger partial charge is 0.239 e. The molecule has 0 bridgehead atoms. The molecule has 0 heterocycles. The Kier molecular flexibility index (Phi) is 4.04. The van der Waals surface area contributed by atoms with Gasteiger partial charge in [0.15, 0.2) is 0 Å². The minimum absolute atomic E-state index is 0.291. The van der Waals surface area contributed by atoms with Gasteiger partial charge in [-0.25, -0.2) is 0 Å². The maximum absolute atomic E-state index is 11.8. The van der Waals surface area contributed by atoms with Crippen LogP contribution in [0.1, 0.15) is 30.9 Å². The predicted molar refractivity (Wildman–Crippen MR) is 82.9 cm³/mol. The van der Waals surface area contributed by atoms with E-state index in [4.69, 9.17) is 5.73 Å². The third-order valence-corrected chi connectivity index (χ3v) is 3.84. The van der Waals surface area contributed by atoms with E-state index in [1.165, 1.54) is 11.1 Å². The maximum Gasteiger partial charge on any atom is 0.239 e. The van der Waals surface area contributed by atoms with Crippen LogP contribution in [0.5, 0.6) is 0 Å². The van der Waals surface area contributed by atoms with Crippen molar-refractivity contribution in [2.45, 2.75) is 45.2 Å². The summed E-state index contributed by atoms with van der Waals surface area (Å²) in [5.74, 6) is -0.291. The van der Waals surface area contributed by atoms with Crippen molar-refractivity contribution in [1.82, 2.24) is 5.32 Å². The van der Waals surface area contributed by atoms with Gasteiger partial charge in [0, 0.05) is 25.3 Å². The van der Waals surface area contributed by atoms with Crippen molar-refractivity contribution in [3.8, 4) is 0 Å². The second-order valence-electron chi connectivity index (χ2n) is 6.32. The molecule has 110 valence electrons. The highest BCUT2D eigenvalue weighted by Crippen LogP contribution is 2.24. The van der Waals surface area contributed by atoms with E-state index in [0.717, 1.165) is 18.5 Å². The van der Waals surface area contributed by atoms with Crippen molar-refractivity contribution in [2.75, 3.05) is 18.5 Å². The molecule has 0 saturated heterocycles. The second-order valence-corrected chi connectivity index (χ2v) is 6.32. The first-order valence-corrected chi connectivity index (χ1v) is 7.17. The molecule has 1 fully saturated rings. The summed E-state index contributed by atoms with van der Waals surface area (Å²) in [6, 6.07) is 6.85. The summed E-state index contributed by atoms with van der Waals surface area (Å²) in [6.07, 6.45) is 2.27. The van der Waals surface area contributed by atoms with Gasteiger partial charge >= 0.3 is 0 Å². The normalized spacial score (nSPS) is 17.6. The summed E-state index contributed by atoms with van der Waals surface area (Å²) < 4.78 is 0. The number of carbonyl (C=O) groups is 1. The zero-order valence-corrected chi connectivity index (χ0v) is 12.9. The van der Waals surface area contributed by atoms with Crippen LogP contribution in [0.15, 0.2) is 18.2 Å². The molecule has 1 aliphatic carbocycles. The first kappa shape index (κ1) is 14.9. The van der Waals surface area contributed by atoms with Gasteiger partial charge in [-0.2, -0.15) is 0 Å². The lowest BCUT2D eigenvalue weighted by Gasteiger charge is -2.33. The van der Waals surface area contributed by atoms with Crippen LogP contribution in [0.2, 0.25) is 0 Å². The summed E-state index contributed by atoms with van der Waals surface area (Å²) >= 11 is 0. The molecule has 0 aliphatic heterocycles. The Morgan fingerprint density at radius 3 is 2.35 bits per heavy atom. The standard InChI is InChI=1S/C16H25N3O/c1-11-7-12(2)9-14(8-11)19(4)10-16(3,15(17)20)18-13-5-6-13/h7-9,13,18H,5-6,10H2,1-4H3,(H2,17,20). The molecule has 1 aliphatic rings. The average Bonchev–Trinajstić information content (AvgIpc) is 3.11. The molecule has 1 unspecified atom stereocenters. The number of hydrogen-bond donors (Lipinski definition) is 2. The van der Waals surface area contributed by atoms with Gasteiger partial charge in [-0.1, -0.05) is 6.07 Å². The highest BCUT2D eigenvalue weighted by molar-refractivity contribution is 5.85. The Bertz CT molecular complexity index is 490. The third kappa shape index (κ3) is 3.51. The molecule has 3 N–H and O–H groups in total. The summed E-state index contributed by atoms with van der Waals surface area (Å²) in [5, 5.41) is 3.38. The number of rotatable bonds is 6. The van der Waals surface area contributed by atoms with Crippen LogP contribution in [-0.2, 0) is 4.79 Å². The quantitative estimate of drug-likeness (QED) is 0.831. The number of nitrogens with one attached hydrogen (secondary N) is 1. The Labute approximate surface area is 121 Å². The minimum Gasteiger partial charge on any atom is -0.372 e. The van der Waals surface area contributed by atoms with Crippen LogP contribution >= 0.6 is 0 Å². The van der Waals surface area contributed by atoms with Gasteiger partial charge in [0.25, 0.3) is 0 Å². The van der Waals surface area contributed by atoms with Gasteiger partial charge in [0.05, 0.1) is 0 Å². The molecule has 1 atom stereocenters. The van der Waals surface area contributed by atoms with Crippen molar-refractivity contribution in [3.63, 3.8) is 0 Å². The lowest BCUT2D eigenvalue weighted by Crippen LogP contribution is -2.60. The summed E-state index contributed by atoms with van der Waals surface area (Å²) in [4.78, 5) is 13.9. The van der Waals surface area contributed by atoms with Crippen LogP contribution in [0.25, 0.3) is 0 Å². The molecular weight excluding hydrogens is 250 g/mol. The van der Waals surface area contributed by atoms with E-state index in [9.17, 15) is 4.79 Å². The fourth-order valence-corrected chi connectivity index (χ4v) is 2.61. The number of carbonyl (C=O) groups excluding carboxylic acids is 1. The lowest BCUT2D eigenvalue weighted by atomic mass is 10.00. The van der Waals surface area contributed by atoms with Crippen LogP contribution < -0.4 is 16.0 Å². The number of primary amides is 1. The number of anilines is 1. The summed E-state index contributed by atoms with van der Waals surface area (Å²) in [5.41, 5.74) is 8.49. The number of benzene rings is 1. The highest BCUT2D eigenvalue weighted by Gasteiger charge is 2.38. The Morgan fingerprint density at radius 2 is 1.90 bits per heavy atom. The summed E-state index contributed by atoms with van der Waals surface area (Å²) in [6.45, 7) is 6.63. The first-order chi connectivity index (χ1) is 9.30. The van der Waals surface area contributed by atoms with Crippen LogP contribution in [0.3, 0.4) is 0 Å². The average molecular weight is 275 g/mol. The van der Waals surface area contributed by atoms with Crippen LogP contribution in [0, 0.1) is 13.8 Å². The van der Waals surface area contributed by atoms with Crippen molar-refractivity contribution in [2.24, 2.45) is 5.73 Å². The number of hydrogen-bond acceptors (Lipinski definition) is 3. The van der Waals surface area contributed by atoms with Crippen molar-refractivity contribution in [3.05, 3.63) is 29.3 Å². The van der Waals surface area contributed by atoms with E-state index in [2.05, 4.69) is 42.3 Å². The number of nitrogens with zero attached hydrogens (tertiary/aromatic N) is 1. The highest BCUT2D eigenvalue weighted by atomic mass is 16.1. The number of aryl methyl sites for hydroxylation is 2. The zero-order valence-electron chi connectivity index (χ0n) is 12.9. The van der Waals surface area contributed by atoms with E-state index in [-0.39, 0.29) is 5.91 Å². The predicted octanol–water partition coefficient (Wildman–Crippen LogP) is 1.74. The first-order valence-electron chi connectivity index (χ1n) is 7.17. The summed E-state index contributed by atoms with van der Waals surface area (Å²) in [7, 11) is 2.00. The van der Waals surface area contributed by atoms with E-state index in [1.807, 2.05) is 14.0 Å². The monoisotopic (exact) mass is 275 g/mol. The molecule has 1 saturated carbocycles. The van der Waals surface area contributed by atoms with Gasteiger partial charge < -0.3 is 10.6 Å². The zero-order chi connectivity index (χ0) is 14.9. The third-order valence-electron chi connectivity index (χ3n) is 3.84. The topological polar surface area (TPSA) is 58.4 Å². The van der Waals surface area contributed by atoms with Crippen molar-refractivity contribution in [1.29, 1.82) is 0 Å². The molecular formula is C16H25N3O. The van der Waals surface area contributed by atoms with E-state index >= 15 is 0 Å². The molecule has 4 heteroatoms. The van der Waals surface area contributed by atoms with Crippen LogP contribution in [0.4, 0.5) is 5.69 Å². The lowest BCUT2D eigenvalue weighted by molar-refractivity contribution is -0.123. The van der Waals surface area contributed by atoms with Gasteiger partial charge in [-0.15, -0.1) is 0 Å². The molecule has 1 aromatic rings. The molecule has 0 radical (unpaired) electrons. The molecule has 0 spiro atoms. The fraction of sp³-hybridized carbons (Fsp3) is 0.562. The van der Waals surface area contributed by atoms with Crippen molar-refractivity contribution >= 4 is 11.6 Å². The van der Waals surface area contributed by atoms with E-state index in [1.54, 1.807) is 0 Å². The Balaban J connectivity index is 2.14. The van der Waals surface area contributed by atoms with Gasteiger partial charge in [-0.05, 0) is 56.9 Å². The molecule has 1 aromatic carbocycles. The minimum atomic E-state index is -0.687. The van der Waals surface area contributed by atoms with E-state index < -0.39 is 5.54 Å². The van der Waals surface area contributed by atoms with Gasteiger partial charge in [-0.3, -0.25) is 10.1 Å². The van der Waals surface area contributed by atoms with E-state index in [0.29, 0.717) is 12.6 Å². The van der Waals surface area contributed by atoms with Crippen LogP contribution in [-0.4, -0.2) is 31.1 Å². The van der Waals surface area contributed by atoms with Gasteiger partial charge in [0.2, 0.25) is 5.91 Å². The SMILES string of the molecule is Cc1cc(C)cc(N(C)CC(C)(NC2CC2)C(N)=O)c1. The molecule has 20 heavy (non-hydrogen) atoms. The van der Waals surface area contributed by atoms with Crippen molar-refractivity contribution < 1.29 is 4.79 Å². The molecule has 1 amide bonds. The second kappa shape index (κ2) is 5.44. The molecule has 0 aromatic heterocycles. The number of amides is 1. The number of likely N-dealkylation sites (N-methyl/N-ethyl adjacent to an activating group) is 1. The largest absolute Gasteiger partial charge is 0.372 e. The molecule has 4 nitrogen and oxygen atoms in total. The van der Waals surface area contributed by atoms with Gasteiger partial charge in [0.1, 0.15) is 5.54 Å². The molecule has 2 rings (SSSR count). The number of nitrogens with two attached hydrogens (primary N) is 1.